The molecule has 0 aliphatic heterocycles. The molecule has 3 nitrogen and oxygen atoms in total. The van der Waals surface area contributed by atoms with Crippen molar-refractivity contribution >= 4 is 11.4 Å². The summed E-state index contributed by atoms with van der Waals surface area (Å²) in [6, 6.07) is 13.8. The largest absolute Gasteiger partial charge is 0.497 e. The second-order valence-corrected chi connectivity index (χ2v) is 4.47. The number of hydrogen-bond donors (Lipinski definition) is 1. The molecule has 96 valence electrons. The van der Waals surface area contributed by atoms with Gasteiger partial charge < -0.3 is 10.1 Å². The fourth-order valence-corrected chi connectivity index (χ4v) is 1.91. The van der Waals surface area contributed by atoms with Crippen molar-refractivity contribution in [1.82, 2.24) is 0 Å². The van der Waals surface area contributed by atoms with Gasteiger partial charge in [-0.2, -0.15) is 5.26 Å². The lowest BCUT2D eigenvalue weighted by Crippen LogP contribution is -1.97. The van der Waals surface area contributed by atoms with Crippen LogP contribution in [0.15, 0.2) is 36.4 Å². The molecule has 0 unspecified atom stereocenters. The summed E-state index contributed by atoms with van der Waals surface area (Å²) >= 11 is 0. The van der Waals surface area contributed by atoms with Crippen LogP contribution in [0.3, 0.4) is 0 Å². The second kappa shape index (κ2) is 5.45. The first kappa shape index (κ1) is 13.0. The molecular formula is C16H16N2O. The van der Waals surface area contributed by atoms with E-state index in [9.17, 15) is 0 Å². The van der Waals surface area contributed by atoms with Crippen molar-refractivity contribution in [2.45, 2.75) is 13.8 Å². The number of ether oxygens (including phenoxy) is 1. The first-order valence-corrected chi connectivity index (χ1v) is 6.06. The van der Waals surface area contributed by atoms with E-state index in [1.54, 1.807) is 7.11 Å². The molecule has 2 aromatic rings. The zero-order valence-electron chi connectivity index (χ0n) is 11.3. The zero-order chi connectivity index (χ0) is 13.8. The molecule has 0 aliphatic carbocycles. The van der Waals surface area contributed by atoms with Crippen molar-refractivity contribution in [3.05, 3.63) is 53.1 Å². The van der Waals surface area contributed by atoms with E-state index in [-0.39, 0.29) is 0 Å². The van der Waals surface area contributed by atoms with Gasteiger partial charge in [-0.05, 0) is 55.3 Å². The summed E-state index contributed by atoms with van der Waals surface area (Å²) in [5.74, 6) is 0.827. The molecule has 0 radical (unpaired) electrons. The molecule has 0 fully saturated rings. The summed E-state index contributed by atoms with van der Waals surface area (Å²) in [7, 11) is 1.65. The minimum absolute atomic E-state index is 0.640. The van der Waals surface area contributed by atoms with Crippen molar-refractivity contribution < 1.29 is 4.74 Å². The third-order valence-electron chi connectivity index (χ3n) is 3.00. The van der Waals surface area contributed by atoms with E-state index in [2.05, 4.69) is 11.4 Å². The summed E-state index contributed by atoms with van der Waals surface area (Å²) in [5, 5.41) is 12.4. The fourth-order valence-electron chi connectivity index (χ4n) is 1.91. The summed E-state index contributed by atoms with van der Waals surface area (Å²) in [6.07, 6.45) is 0. The average Bonchev–Trinajstić information content (AvgIpc) is 2.41. The van der Waals surface area contributed by atoms with Crippen LogP contribution in [0.5, 0.6) is 5.75 Å². The van der Waals surface area contributed by atoms with Gasteiger partial charge in [0.15, 0.2) is 0 Å². The monoisotopic (exact) mass is 252 g/mol. The number of hydrogen-bond acceptors (Lipinski definition) is 3. The van der Waals surface area contributed by atoms with Gasteiger partial charge in [-0.15, -0.1) is 0 Å². The smallest absolute Gasteiger partial charge is 0.119 e. The highest BCUT2D eigenvalue weighted by Gasteiger charge is 2.05. The lowest BCUT2D eigenvalue weighted by molar-refractivity contribution is 0.414. The highest BCUT2D eigenvalue weighted by molar-refractivity contribution is 5.69. The van der Waals surface area contributed by atoms with Gasteiger partial charge >= 0.3 is 0 Å². The summed E-state index contributed by atoms with van der Waals surface area (Å²) in [6.45, 7) is 4.01. The SMILES string of the molecule is COc1ccc(Nc2cc(C)ccc2C#N)c(C)c1. The number of methoxy groups -OCH3 is 1. The van der Waals surface area contributed by atoms with Crippen molar-refractivity contribution in [1.29, 1.82) is 5.26 Å². The van der Waals surface area contributed by atoms with Crippen LogP contribution in [0.25, 0.3) is 0 Å². The number of nitrogens with zero attached hydrogens (tertiary/aromatic N) is 1. The standard InChI is InChI=1S/C16H16N2O/c1-11-4-5-13(10-17)16(8-11)18-15-7-6-14(19-3)9-12(15)2/h4-9,18H,1-3H3. The molecular weight excluding hydrogens is 236 g/mol. The molecule has 0 heterocycles. The predicted molar refractivity (Wildman–Crippen MR) is 76.9 cm³/mol. The van der Waals surface area contributed by atoms with Gasteiger partial charge in [-0.1, -0.05) is 6.07 Å². The molecule has 0 aliphatic rings. The second-order valence-electron chi connectivity index (χ2n) is 4.47. The lowest BCUT2D eigenvalue weighted by Gasteiger charge is -2.12. The van der Waals surface area contributed by atoms with Crippen molar-refractivity contribution in [2.24, 2.45) is 0 Å². The highest BCUT2D eigenvalue weighted by Crippen LogP contribution is 2.26. The first-order valence-electron chi connectivity index (χ1n) is 6.06. The zero-order valence-corrected chi connectivity index (χ0v) is 11.3. The Bertz CT molecular complexity index is 642. The van der Waals surface area contributed by atoms with Crippen molar-refractivity contribution in [2.75, 3.05) is 12.4 Å². The summed E-state index contributed by atoms with van der Waals surface area (Å²) in [4.78, 5) is 0. The molecule has 0 spiro atoms. The van der Waals surface area contributed by atoms with Crippen LogP contribution in [0.2, 0.25) is 0 Å². The van der Waals surface area contributed by atoms with Crippen molar-refractivity contribution in [3.8, 4) is 11.8 Å². The number of benzene rings is 2. The topological polar surface area (TPSA) is 45.0 Å². The van der Waals surface area contributed by atoms with Gasteiger partial charge in [0.2, 0.25) is 0 Å². The van der Waals surface area contributed by atoms with Gasteiger partial charge in [0.25, 0.3) is 0 Å². The third-order valence-corrected chi connectivity index (χ3v) is 3.00. The van der Waals surface area contributed by atoms with Gasteiger partial charge in [0.05, 0.1) is 18.4 Å². The Kier molecular flexibility index (Phi) is 3.72. The number of aryl methyl sites for hydroxylation is 2. The molecule has 0 bridgehead atoms. The van der Waals surface area contributed by atoms with Crippen molar-refractivity contribution in [3.63, 3.8) is 0 Å². The van der Waals surface area contributed by atoms with Crippen LogP contribution < -0.4 is 10.1 Å². The van der Waals surface area contributed by atoms with Crippen LogP contribution in [0, 0.1) is 25.2 Å². The van der Waals surface area contributed by atoms with E-state index in [1.165, 1.54) is 0 Å². The minimum Gasteiger partial charge on any atom is -0.497 e. The molecule has 0 saturated heterocycles. The van der Waals surface area contributed by atoms with E-state index in [4.69, 9.17) is 10.00 Å². The Morgan fingerprint density at radius 3 is 2.47 bits per heavy atom. The Labute approximate surface area is 113 Å². The van der Waals surface area contributed by atoms with Crippen LogP contribution in [-0.2, 0) is 0 Å². The molecule has 0 aromatic heterocycles. The van der Waals surface area contributed by atoms with Crippen LogP contribution in [0.4, 0.5) is 11.4 Å². The van der Waals surface area contributed by atoms with E-state index in [0.717, 1.165) is 28.3 Å². The van der Waals surface area contributed by atoms with Crippen LogP contribution >= 0.6 is 0 Å². The maximum absolute atomic E-state index is 9.13. The Hall–Kier alpha value is -2.47. The maximum Gasteiger partial charge on any atom is 0.119 e. The number of nitrogens with one attached hydrogen (secondary N) is 1. The normalized spacial score (nSPS) is 9.79. The molecule has 2 rings (SSSR count). The summed E-state index contributed by atoms with van der Waals surface area (Å²) in [5.41, 5.74) is 4.64. The van der Waals surface area contributed by atoms with E-state index in [0.29, 0.717) is 5.56 Å². The first-order chi connectivity index (χ1) is 9.13. The quantitative estimate of drug-likeness (QED) is 0.900. The molecule has 0 amide bonds. The molecule has 1 N–H and O–H groups in total. The maximum atomic E-state index is 9.13. The molecule has 3 heteroatoms. The Morgan fingerprint density at radius 2 is 1.84 bits per heavy atom. The van der Waals surface area contributed by atoms with E-state index >= 15 is 0 Å². The third kappa shape index (κ3) is 2.86. The van der Waals surface area contributed by atoms with Gasteiger partial charge in [-0.3, -0.25) is 0 Å². The fraction of sp³-hybridized carbons (Fsp3) is 0.188. The Morgan fingerprint density at radius 1 is 1.05 bits per heavy atom. The van der Waals surface area contributed by atoms with Gasteiger partial charge in [0, 0.05) is 5.69 Å². The molecule has 0 saturated carbocycles. The van der Waals surface area contributed by atoms with E-state index < -0.39 is 0 Å². The molecule has 2 aromatic carbocycles. The Balaban J connectivity index is 2.36. The van der Waals surface area contributed by atoms with Crippen LogP contribution in [0.1, 0.15) is 16.7 Å². The predicted octanol–water partition coefficient (Wildman–Crippen LogP) is 3.93. The lowest BCUT2D eigenvalue weighted by atomic mass is 10.1. The summed E-state index contributed by atoms with van der Waals surface area (Å²) < 4.78 is 5.18. The highest BCUT2D eigenvalue weighted by atomic mass is 16.5. The molecule has 0 atom stereocenters. The average molecular weight is 252 g/mol. The molecule has 19 heavy (non-hydrogen) atoms. The number of nitriles is 1. The van der Waals surface area contributed by atoms with E-state index in [1.807, 2.05) is 50.2 Å². The van der Waals surface area contributed by atoms with Gasteiger partial charge in [0.1, 0.15) is 11.8 Å². The minimum atomic E-state index is 0.640. The van der Waals surface area contributed by atoms with Gasteiger partial charge in [-0.25, -0.2) is 0 Å². The number of rotatable bonds is 3. The van der Waals surface area contributed by atoms with Crippen LogP contribution in [-0.4, -0.2) is 7.11 Å². The number of anilines is 2.